The van der Waals surface area contributed by atoms with Crippen molar-refractivity contribution in [1.82, 2.24) is 0 Å². The van der Waals surface area contributed by atoms with Crippen LogP contribution in [-0.2, 0) is 10.8 Å². The molecule has 2 spiro atoms. The fourth-order valence-electron chi connectivity index (χ4n) is 14.7. The van der Waals surface area contributed by atoms with Crippen molar-refractivity contribution in [2.24, 2.45) is 21.7 Å². The monoisotopic (exact) mass is 829 g/mol. The van der Waals surface area contributed by atoms with Crippen LogP contribution in [0.4, 0.5) is 0 Å². The Balaban J connectivity index is 0.000000158. The molecule has 0 saturated heterocycles. The fraction of sp³-hybridized carbons (Fsp3) is 0.448. The number of phenols is 2. The first-order valence-electron chi connectivity index (χ1n) is 22.9. The van der Waals surface area contributed by atoms with E-state index in [1.54, 1.807) is 14.2 Å². The summed E-state index contributed by atoms with van der Waals surface area (Å²) in [7, 11) is 3.38. The molecule has 4 heteroatoms. The van der Waals surface area contributed by atoms with Crippen LogP contribution < -0.4 is 9.47 Å². The highest BCUT2D eigenvalue weighted by Gasteiger charge is 2.55. The van der Waals surface area contributed by atoms with Gasteiger partial charge in [-0.3, -0.25) is 0 Å². The molecule has 0 atom stereocenters. The molecule has 0 aliphatic heterocycles. The molecule has 0 heterocycles. The highest BCUT2D eigenvalue weighted by molar-refractivity contribution is 6.07. The molecule has 0 unspecified atom stereocenters. The second kappa shape index (κ2) is 13.8. The van der Waals surface area contributed by atoms with Crippen molar-refractivity contribution in [3.63, 3.8) is 0 Å². The number of hydrogen-bond donors (Lipinski definition) is 2. The average molecular weight is 829 g/mol. The van der Waals surface area contributed by atoms with Crippen LogP contribution in [0.2, 0.25) is 0 Å². The second-order valence-electron chi connectivity index (χ2n) is 23.4. The summed E-state index contributed by atoms with van der Waals surface area (Å²) < 4.78 is 11.1. The molecule has 2 N–H and O–H groups in total. The van der Waals surface area contributed by atoms with E-state index in [4.69, 9.17) is 9.47 Å². The van der Waals surface area contributed by atoms with Gasteiger partial charge in [-0.2, -0.15) is 0 Å². The van der Waals surface area contributed by atoms with E-state index in [1.165, 1.54) is 68.5 Å². The van der Waals surface area contributed by atoms with Gasteiger partial charge in [0, 0.05) is 21.6 Å². The molecule has 0 aromatic heterocycles. The van der Waals surface area contributed by atoms with E-state index in [-0.39, 0.29) is 32.5 Å². The Morgan fingerprint density at radius 2 is 0.742 bits per heavy atom. The number of phenolic OH excluding ortho intramolecular Hbond substituents is 2. The summed E-state index contributed by atoms with van der Waals surface area (Å²) in [5.74, 6) is 2.35. The molecule has 62 heavy (non-hydrogen) atoms. The lowest BCUT2D eigenvalue weighted by Crippen LogP contribution is -2.44. The van der Waals surface area contributed by atoms with Gasteiger partial charge < -0.3 is 19.7 Å². The molecule has 0 amide bonds. The SMILES string of the molecule is COc1cc2c(O)cc3c(c2cc1C)-c1ccc(C)cc1C31CC(C)(C)CC(C)(C)C1.COc1cc2c(O)cc3c(c2cc1C)-c1ccc(C)cc1C31CC(C)(C)CC(C)(C)C1. The highest BCUT2D eigenvalue weighted by atomic mass is 16.5. The molecular formula is C58H68O4. The maximum absolute atomic E-state index is 11.2. The van der Waals surface area contributed by atoms with Gasteiger partial charge in [0.25, 0.3) is 0 Å². The molecule has 2 fully saturated rings. The largest absolute Gasteiger partial charge is 0.507 e. The number of aryl methyl sites for hydroxylation is 4. The average Bonchev–Trinajstić information content (AvgIpc) is 3.52. The zero-order valence-electron chi connectivity index (χ0n) is 39.9. The lowest BCUT2D eigenvalue weighted by molar-refractivity contribution is 0.0641. The van der Waals surface area contributed by atoms with Crippen LogP contribution in [0.3, 0.4) is 0 Å². The molecule has 0 bridgehead atoms. The zero-order valence-corrected chi connectivity index (χ0v) is 39.9. The maximum atomic E-state index is 11.2. The van der Waals surface area contributed by atoms with Crippen LogP contribution in [0.5, 0.6) is 23.0 Å². The van der Waals surface area contributed by atoms with Crippen LogP contribution in [0.1, 0.15) is 138 Å². The van der Waals surface area contributed by atoms with Gasteiger partial charge in [0.05, 0.1) is 14.2 Å². The van der Waals surface area contributed by atoms with E-state index >= 15 is 0 Å². The van der Waals surface area contributed by atoms with Gasteiger partial charge in [0.1, 0.15) is 23.0 Å². The number of ether oxygens (including phenoxy) is 2. The lowest BCUT2D eigenvalue weighted by Gasteiger charge is -2.52. The van der Waals surface area contributed by atoms with Crippen molar-refractivity contribution in [3.05, 3.63) is 117 Å². The molecule has 0 radical (unpaired) electrons. The molecule has 4 nitrogen and oxygen atoms in total. The summed E-state index contributed by atoms with van der Waals surface area (Å²) >= 11 is 0. The molecule has 4 aliphatic carbocycles. The molecular weight excluding hydrogens is 761 g/mol. The predicted molar refractivity (Wildman–Crippen MR) is 259 cm³/mol. The summed E-state index contributed by atoms with van der Waals surface area (Å²) in [6, 6.07) is 26.4. The Labute approximate surface area is 370 Å². The number of benzene rings is 6. The van der Waals surface area contributed by atoms with Crippen molar-refractivity contribution in [2.75, 3.05) is 14.2 Å². The van der Waals surface area contributed by atoms with Crippen LogP contribution in [0.15, 0.2) is 72.8 Å². The molecule has 324 valence electrons. The molecule has 4 aliphatic rings. The maximum Gasteiger partial charge on any atom is 0.123 e. The third-order valence-electron chi connectivity index (χ3n) is 15.2. The minimum Gasteiger partial charge on any atom is -0.507 e. The first kappa shape index (κ1) is 42.3. The Bertz CT molecular complexity index is 2620. The molecule has 6 aromatic rings. The van der Waals surface area contributed by atoms with Crippen molar-refractivity contribution in [3.8, 4) is 45.3 Å². The van der Waals surface area contributed by atoms with Gasteiger partial charge in [-0.1, -0.05) is 103 Å². The summed E-state index contributed by atoms with van der Waals surface area (Å²) in [5, 5.41) is 26.4. The second-order valence-corrected chi connectivity index (χ2v) is 23.4. The first-order chi connectivity index (χ1) is 28.9. The lowest BCUT2D eigenvalue weighted by atomic mass is 9.52. The van der Waals surface area contributed by atoms with Gasteiger partial charge in [-0.15, -0.1) is 0 Å². The number of rotatable bonds is 2. The van der Waals surface area contributed by atoms with E-state index in [2.05, 4.69) is 144 Å². The van der Waals surface area contributed by atoms with E-state index in [0.29, 0.717) is 11.5 Å². The first-order valence-corrected chi connectivity index (χ1v) is 22.9. The Morgan fingerprint density at radius 1 is 0.403 bits per heavy atom. The minimum atomic E-state index is -0.0680. The fourth-order valence-corrected chi connectivity index (χ4v) is 14.7. The van der Waals surface area contributed by atoms with Crippen LogP contribution in [0, 0.1) is 49.4 Å². The van der Waals surface area contributed by atoms with Crippen LogP contribution in [-0.4, -0.2) is 24.4 Å². The third-order valence-corrected chi connectivity index (χ3v) is 15.2. The normalized spacial score (nSPS) is 20.0. The highest BCUT2D eigenvalue weighted by Crippen LogP contribution is 2.67. The smallest absolute Gasteiger partial charge is 0.123 e. The Hall–Kier alpha value is -4.96. The molecule has 6 aromatic carbocycles. The summed E-state index contributed by atoms with van der Waals surface area (Å²) in [6.45, 7) is 27.9. The zero-order chi connectivity index (χ0) is 44.7. The quantitative estimate of drug-likeness (QED) is 0.183. The van der Waals surface area contributed by atoms with E-state index in [9.17, 15) is 10.2 Å². The van der Waals surface area contributed by atoms with E-state index in [1.807, 2.05) is 12.1 Å². The van der Waals surface area contributed by atoms with Crippen molar-refractivity contribution < 1.29 is 19.7 Å². The van der Waals surface area contributed by atoms with Crippen LogP contribution >= 0.6 is 0 Å². The summed E-state index contributed by atoms with van der Waals surface area (Å²) in [5.41, 5.74) is 16.4. The van der Waals surface area contributed by atoms with Crippen LogP contribution in [0.25, 0.3) is 43.8 Å². The third kappa shape index (κ3) is 6.52. The number of fused-ring (bicyclic) bond motifs is 14. The van der Waals surface area contributed by atoms with Crippen molar-refractivity contribution >= 4 is 21.5 Å². The van der Waals surface area contributed by atoms with Gasteiger partial charge in [-0.25, -0.2) is 0 Å². The van der Waals surface area contributed by atoms with Gasteiger partial charge in [0.15, 0.2) is 0 Å². The number of methoxy groups -OCH3 is 2. The Morgan fingerprint density at radius 3 is 1.06 bits per heavy atom. The standard InChI is InChI=1S/2C29H34O2/c2*1-17-8-9-19-22(10-17)29(15-27(3,4)14-28(5,6)16-29)23-13-24(30)20-12-25(31-7)18(2)11-21(20)26(19)23/h2*8-13,30H,14-16H2,1-7H3. The predicted octanol–water partition coefficient (Wildman–Crippen LogP) is 15.3. The number of aromatic hydroxyl groups is 2. The molecule has 10 rings (SSSR count). The van der Waals surface area contributed by atoms with E-state index < -0.39 is 0 Å². The summed E-state index contributed by atoms with van der Waals surface area (Å²) in [6.07, 6.45) is 6.85. The molecule has 2 saturated carbocycles. The van der Waals surface area contributed by atoms with Crippen molar-refractivity contribution in [2.45, 2.75) is 132 Å². The van der Waals surface area contributed by atoms with Gasteiger partial charge >= 0.3 is 0 Å². The Kier molecular flexibility index (Phi) is 9.40. The van der Waals surface area contributed by atoms with Crippen molar-refractivity contribution in [1.29, 1.82) is 0 Å². The van der Waals surface area contributed by atoms with Gasteiger partial charge in [-0.05, 0) is 191 Å². The number of hydrogen-bond acceptors (Lipinski definition) is 4. The minimum absolute atomic E-state index is 0.0680. The van der Waals surface area contributed by atoms with E-state index in [0.717, 1.165) is 69.9 Å². The topological polar surface area (TPSA) is 58.9 Å². The van der Waals surface area contributed by atoms with Gasteiger partial charge in [0.2, 0.25) is 0 Å². The summed E-state index contributed by atoms with van der Waals surface area (Å²) in [4.78, 5) is 0.